The molecule has 0 heterocycles. The second-order valence-electron chi connectivity index (χ2n) is 3.93. The Morgan fingerprint density at radius 2 is 1.72 bits per heavy atom. The number of halogens is 3. The van der Waals surface area contributed by atoms with Gasteiger partial charge in [0.1, 0.15) is 5.75 Å². The average Bonchev–Trinajstić information content (AvgIpc) is 2.33. The van der Waals surface area contributed by atoms with Crippen molar-refractivity contribution < 1.29 is 4.74 Å². The van der Waals surface area contributed by atoms with Crippen LogP contribution in [0, 0.1) is 6.92 Å². The minimum absolute atomic E-state index is 0.452. The van der Waals surface area contributed by atoms with Crippen LogP contribution in [-0.4, -0.2) is 7.11 Å². The zero-order valence-corrected chi connectivity index (χ0v) is 12.2. The minimum Gasteiger partial charge on any atom is -0.496 e. The SMILES string of the molecule is COc1ccc(-c2cc(Cl)cc(Cl)c2Cl)cc1C. The first kappa shape index (κ1) is 13.5. The van der Waals surface area contributed by atoms with Crippen molar-refractivity contribution >= 4 is 34.8 Å². The molecule has 0 unspecified atom stereocenters. The predicted molar refractivity (Wildman–Crippen MR) is 78.2 cm³/mol. The summed E-state index contributed by atoms with van der Waals surface area (Å²) < 4.78 is 5.23. The van der Waals surface area contributed by atoms with E-state index in [4.69, 9.17) is 39.5 Å². The van der Waals surface area contributed by atoms with E-state index in [9.17, 15) is 0 Å². The van der Waals surface area contributed by atoms with Gasteiger partial charge in [0.25, 0.3) is 0 Å². The van der Waals surface area contributed by atoms with E-state index in [1.807, 2.05) is 25.1 Å². The van der Waals surface area contributed by atoms with E-state index in [0.29, 0.717) is 15.1 Å². The molecule has 0 aliphatic heterocycles. The topological polar surface area (TPSA) is 9.23 Å². The van der Waals surface area contributed by atoms with Crippen LogP contribution < -0.4 is 4.74 Å². The van der Waals surface area contributed by atoms with Crippen molar-refractivity contribution in [2.45, 2.75) is 6.92 Å². The van der Waals surface area contributed by atoms with Crippen molar-refractivity contribution in [2.75, 3.05) is 7.11 Å². The first-order valence-corrected chi connectivity index (χ1v) is 6.46. The lowest BCUT2D eigenvalue weighted by Gasteiger charge is -2.10. The van der Waals surface area contributed by atoms with Gasteiger partial charge in [-0.05, 0) is 42.3 Å². The predicted octanol–water partition coefficient (Wildman–Crippen LogP) is 5.63. The smallest absolute Gasteiger partial charge is 0.121 e. The number of rotatable bonds is 2. The molecule has 0 aliphatic rings. The summed E-state index contributed by atoms with van der Waals surface area (Å²) in [5.41, 5.74) is 2.81. The van der Waals surface area contributed by atoms with Gasteiger partial charge in [-0.2, -0.15) is 0 Å². The number of benzene rings is 2. The molecular weight excluding hydrogens is 291 g/mol. The highest BCUT2D eigenvalue weighted by atomic mass is 35.5. The Bertz CT molecular complexity index is 594. The molecule has 0 fully saturated rings. The largest absolute Gasteiger partial charge is 0.496 e. The van der Waals surface area contributed by atoms with Crippen molar-refractivity contribution in [2.24, 2.45) is 0 Å². The van der Waals surface area contributed by atoms with E-state index in [2.05, 4.69) is 0 Å². The molecule has 18 heavy (non-hydrogen) atoms. The van der Waals surface area contributed by atoms with Gasteiger partial charge in [0.2, 0.25) is 0 Å². The average molecular weight is 302 g/mol. The van der Waals surface area contributed by atoms with E-state index < -0.39 is 0 Å². The molecule has 2 aromatic rings. The van der Waals surface area contributed by atoms with Crippen LogP contribution in [0.5, 0.6) is 5.75 Å². The van der Waals surface area contributed by atoms with Gasteiger partial charge in [0, 0.05) is 10.6 Å². The second kappa shape index (κ2) is 5.40. The number of methoxy groups -OCH3 is 1. The van der Waals surface area contributed by atoms with Crippen molar-refractivity contribution in [3.8, 4) is 16.9 Å². The molecule has 0 N–H and O–H groups in total. The zero-order chi connectivity index (χ0) is 13.3. The normalized spacial score (nSPS) is 10.5. The summed E-state index contributed by atoms with van der Waals surface area (Å²) in [6.45, 7) is 1.97. The summed E-state index contributed by atoms with van der Waals surface area (Å²) in [5, 5.41) is 1.52. The Balaban J connectivity index is 2.58. The molecule has 2 aromatic carbocycles. The number of aryl methyl sites for hydroxylation is 1. The zero-order valence-electron chi connectivity index (χ0n) is 9.93. The van der Waals surface area contributed by atoms with Gasteiger partial charge >= 0.3 is 0 Å². The standard InChI is InChI=1S/C14H11Cl3O/c1-8-5-9(3-4-13(8)18-2)11-6-10(15)7-12(16)14(11)17/h3-7H,1-2H3. The highest BCUT2D eigenvalue weighted by Gasteiger charge is 2.10. The number of ether oxygens (including phenoxy) is 1. The fourth-order valence-electron chi connectivity index (χ4n) is 1.81. The molecule has 1 nitrogen and oxygen atoms in total. The van der Waals surface area contributed by atoms with Crippen LogP contribution in [0.25, 0.3) is 11.1 Å². The van der Waals surface area contributed by atoms with Crippen LogP contribution in [0.1, 0.15) is 5.56 Å². The number of hydrogen-bond donors (Lipinski definition) is 0. The lowest BCUT2D eigenvalue weighted by molar-refractivity contribution is 0.412. The first-order chi connectivity index (χ1) is 8.52. The summed E-state index contributed by atoms with van der Waals surface area (Å²) in [7, 11) is 1.64. The third kappa shape index (κ3) is 2.59. The fourth-order valence-corrected chi connectivity index (χ4v) is 2.52. The highest BCUT2D eigenvalue weighted by molar-refractivity contribution is 6.45. The van der Waals surface area contributed by atoms with Crippen LogP contribution in [0.15, 0.2) is 30.3 Å². The lowest BCUT2D eigenvalue weighted by atomic mass is 10.0. The third-order valence-corrected chi connectivity index (χ3v) is 3.72. The fraction of sp³-hybridized carbons (Fsp3) is 0.143. The molecule has 0 amide bonds. The molecule has 2 rings (SSSR count). The summed E-state index contributed by atoms with van der Waals surface area (Å²) in [6.07, 6.45) is 0. The molecule has 0 aliphatic carbocycles. The molecule has 0 spiro atoms. The van der Waals surface area contributed by atoms with Crippen molar-refractivity contribution in [3.05, 3.63) is 51.0 Å². The second-order valence-corrected chi connectivity index (χ2v) is 5.16. The summed E-state index contributed by atoms with van der Waals surface area (Å²) in [5.74, 6) is 0.836. The van der Waals surface area contributed by atoms with Crippen LogP contribution in [0.4, 0.5) is 0 Å². The lowest BCUT2D eigenvalue weighted by Crippen LogP contribution is -1.88. The van der Waals surface area contributed by atoms with E-state index in [0.717, 1.165) is 22.4 Å². The maximum atomic E-state index is 6.20. The van der Waals surface area contributed by atoms with Gasteiger partial charge < -0.3 is 4.74 Å². The molecule has 0 saturated heterocycles. The Hall–Kier alpha value is -0.890. The van der Waals surface area contributed by atoms with E-state index in [1.165, 1.54) is 0 Å². The van der Waals surface area contributed by atoms with E-state index >= 15 is 0 Å². The van der Waals surface area contributed by atoms with Crippen molar-refractivity contribution in [1.29, 1.82) is 0 Å². The van der Waals surface area contributed by atoms with E-state index in [-0.39, 0.29) is 0 Å². The van der Waals surface area contributed by atoms with Gasteiger partial charge in [-0.1, -0.05) is 40.9 Å². The van der Waals surface area contributed by atoms with Gasteiger partial charge in [-0.3, -0.25) is 0 Å². The van der Waals surface area contributed by atoms with Crippen LogP contribution >= 0.6 is 34.8 Å². The third-order valence-electron chi connectivity index (χ3n) is 2.70. The Labute approximate surface area is 121 Å². The molecule has 0 radical (unpaired) electrons. The van der Waals surface area contributed by atoms with Crippen molar-refractivity contribution in [1.82, 2.24) is 0 Å². The van der Waals surface area contributed by atoms with Gasteiger partial charge in [-0.25, -0.2) is 0 Å². The summed E-state index contributed by atoms with van der Waals surface area (Å²) in [4.78, 5) is 0. The summed E-state index contributed by atoms with van der Waals surface area (Å²) >= 11 is 18.2. The molecule has 0 aromatic heterocycles. The molecule has 0 atom stereocenters. The maximum absolute atomic E-state index is 6.20. The Morgan fingerprint density at radius 3 is 2.33 bits per heavy atom. The monoisotopic (exact) mass is 300 g/mol. The van der Waals surface area contributed by atoms with Crippen LogP contribution in [0.3, 0.4) is 0 Å². The molecule has 4 heteroatoms. The minimum atomic E-state index is 0.452. The van der Waals surface area contributed by atoms with Gasteiger partial charge in [-0.15, -0.1) is 0 Å². The molecule has 0 bridgehead atoms. The van der Waals surface area contributed by atoms with Gasteiger partial charge in [0.05, 0.1) is 17.2 Å². The number of hydrogen-bond acceptors (Lipinski definition) is 1. The molecular formula is C14H11Cl3O. The van der Waals surface area contributed by atoms with E-state index in [1.54, 1.807) is 19.2 Å². The highest BCUT2D eigenvalue weighted by Crippen LogP contribution is 2.37. The first-order valence-electron chi connectivity index (χ1n) is 5.32. The van der Waals surface area contributed by atoms with Crippen LogP contribution in [-0.2, 0) is 0 Å². The summed E-state index contributed by atoms with van der Waals surface area (Å²) in [6, 6.07) is 9.25. The van der Waals surface area contributed by atoms with Gasteiger partial charge in [0.15, 0.2) is 0 Å². The van der Waals surface area contributed by atoms with Crippen LogP contribution in [0.2, 0.25) is 15.1 Å². The molecule has 94 valence electrons. The van der Waals surface area contributed by atoms with Crippen molar-refractivity contribution in [3.63, 3.8) is 0 Å². The molecule has 0 saturated carbocycles. The maximum Gasteiger partial charge on any atom is 0.121 e. The Morgan fingerprint density at radius 1 is 1.00 bits per heavy atom. The quantitative estimate of drug-likeness (QED) is 0.653. The Kier molecular flexibility index (Phi) is 4.06.